The molecule has 3 aromatic heterocycles. The Kier molecular flexibility index (Phi) is 6.64. The van der Waals surface area contributed by atoms with Crippen LogP contribution in [0.25, 0.3) is 0 Å². The quantitative estimate of drug-likeness (QED) is 0.605. The smallest absolute Gasteiger partial charge is 0.232 e. The maximum atomic E-state index is 12.5. The number of anilines is 1. The van der Waals surface area contributed by atoms with Crippen LogP contribution in [0.1, 0.15) is 41.5 Å². The van der Waals surface area contributed by atoms with Crippen molar-refractivity contribution in [1.29, 1.82) is 0 Å². The van der Waals surface area contributed by atoms with Crippen molar-refractivity contribution in [2.75, 3.05) is 11.9 Å². The number of nitrogens with zero attached hydrogens (tertiary/aromatic N) is 4. The van der Waals surface area contributed by atoms with Gasteiger partial charge in [-0.3, -0.25) is 14.5 Å². The van der Waals surface area contributed by atoms with E-state index < -0.39 is 0 Å². The Labute approximate surface area is 175 Å². The van der Waals surface area contributed by atoms with E-state index in [1.807, 2.05) is 43.7 Å². The van der Waals surface area contributed by atoms with Crippen molar-refractivity contribution in [3.05, 3.63) is 52.0 Å². The summed E-state index contributed by atoms with van der Waals surface area (Å²) in [7, 11) is 0. The number of nitrogens with one attached hydrogen (secondary N) is 1. The minimum Gasteiger partial charge on any atom is -0.493 e. The topological polar surface area (TPSA) is 81.9 Å². The molecule has 7 nitrogen and oxygen atoms in total. The Hall–Kier alpha value is -2.74. The van der Waals surface area contributed by atoms with Crippen LogP contribution in [-0.4, -0.2) is 32.3 Å². The Balaban J connectivity index is 1.79. The summed E-state index contributed by atoms with van der Waals surface area (Å²) in [5.74, 6) is 0.977. The zero-order chi connectivity index (χ0) is 21.0. The summed E-state index contributed by atoms with van der Waals surface area (Å²) in [4.78, 5) is 22.4. The molecule has 0 bridgehead atoms. The van der Waals surface area contributed by atoms with Crippen molar-refractivity contribution in [3.8, 4) is 5.75 Å². The number of pyridine rings is 1. The van der Waals surface area contributed by atoms with Gasteiger partial charge >= 0.3 is 0 Å². The standard InChI is InChI=1S/C21H27N5O2S/c1-13(2)12-28-19-7-17(9-20(27)24-21-22-10-16(5)29-21)23-18(8-19)11-26-15(4)6-14(3)25-26/h6-8,10,13H,9,11-12H2,1-5H3,(H,22,24,27). The molecule has 8 heteroatoms. The highest BCUT2D eigenvalue weighted by atomic mass is 32.1. The van der Waals surface area contributed by atoms with Crippen LogP contribution >= 0.6 is 11.3 Å². The van der Waals surface area contributed by atoms with Crippen LogP contribution in [0.2, 0.25) is 0 Å². The summed E-state index contributed by atoms with van der Waals surface area (Å²) < 4.78 is 7.82. The van der Waals surface area contributed by atoms with Crippen LogP contribution in [0, 0.1) is 26.7 Å². The lowest BCUT2D eigenvalue weighted by atomic mass is 10.2. The average Bonchev–Trinajstić information content (AvgIpc) is 3.17. The number of hydrogen-bond acceptors (Lipinski definition) is 6. The number of carbonyl (C=O) groups excluding carboxylic acids is 1. The molecule has 3 heterocycles. The minimum atomic E-state index is -0.148. The first-order chi connectivity index (χ1) is 13.8. The number of aromatic nitrogens is 4. The van der Waals surface area contributed by atoms with Crippen molar-refractivity contribution in [3.63, 3.8) is 0 Å². The lowest BCUT2D eigenvalue weighted by Crippen LogP contribution is -2.16. The molecular formula is C21H27N5O2S. The predicted molar refractivity (Wildman–Crippen MR) is 115 cm³/mol. The second-order valence-electron chi connectivity index (χ2n) is 7.58. The fraction of sp³-hybridized carbons (Fsp3) is 0.429. The van der Waals surface area contributed by atoms with Gasteiger partial charge in [-0.15, -0.1) is 11.3 Å². The first kappa shape index (κ1) is 21.0. The SMILES string of the molecule is Cc1cc(C)n(Cc2cc(OCC(C)C)cc(CC(=O)Nc3ncc(C)s3)n2)n1. The molecule has 3 rings (SSSR count). The molecule has 0 aliphatic heterocycles. The second kappa shape index (κ2) is 9.17. The van der Waals surface area contributed by atoms with E-state index in [2.05, 4.69) is 34.2 Å². The molecule has 0 saturated carbocycles. The number of aryl methyl sites for hydroxylation is 3. The molecule has 0 aliphatic carbocycles. The molecule has 0 radical (unpaired) electrons. The minimum absolute atomic E-state index is 0.148. The van der Waals surface area contributed by atoms with Crippen molar-refractivity contribution >= 4 is 22.4 Å². The van der Waals surface area contributed by atoms with E-state index in [1.54, 1.807) is 6.20 Å². The molecule has 3 aromatic rings. The van der Waals surface area contributed by atoms with E-state index >= 15 is 0 Å². The van der Waals surface area contributed by atoms with E-state index in [4.69, 9.17) is 4.74 Å². The molecule has 0 aliphatic rings. The second-order valence-corrected chi connectivity index (χ2v) is 8.81. The highest BCUT2D eigenvalue weighted by Gasteiger charge is 2.12. The molecule has 0 unspecified atom stereocenters. The van der Waals surface area contributed by atoms with Crippen LogP contribution in [0.4, 0.5) is 5.13 Å². The Morgan fingerprint density at radius 3 is 2.59 bits per heavy atom. The summed E-state index contributed by atoms with van der Waals surface area (Å²) in [6.07, 6.45) is 1.90. The number of carbonyl (C=O) groups is 1. The Morgan fingerprint density at radius 2 is 1.97 bits per heavy atom. The first-order valence-corrected chi connectivity index (χ1v) is 10.5. The third-order valence-electron chi connectivity index (χ3n) is 4.11. The highest BCUT2D eigenvalue weighted by molar-refractivity contribution is 7.15. The highest BCUT2D eigenvalue weighted by Crippen LogP contribution is 2.19. The monoisotopic (exact) mass is 413 g/mol. The van der Waals surface area contributed by atoms with Gasteiger partial charge in [0.05, 0.1) is 36.7 Å². The molecule has 0 atom stereocenters. The van der Waals surface area contributed by atoms with Gasteiger partial charge in [-0.1, -0.05) is 13.8 Å². The molecule has 29 heavy (non-hydrogen) atoms. The molecule has 1 amide bonds. The number of hydrogen-bond donors (Lipinski definition) is 1. The van der Waals surface area contributed by atoms with E-state index in [0.717, 1.165) is 27.7 Å². The van der Waals surface area contributed by atoms with Gasteiger partial charge in [0, 0.05) is 28.9 Å². The van der Waals surface area contributed by atoms with Crippen molar-refractivity contribution in [2.45, 2.75) is 47.6 Å². The summed E-state index contributed by atoms with van der Waals surface area (Å²) >= 11 is 1.45. The van der Waals surface area contributed by atoms with Crippen LogP contribution in [0.5, 0.6) is 5.75 Å². The van der Waals surface area contributed by atoms with Crippen LogP contribution in [0.15, 0.2) is 24.4 Å². The Morgan fingerprint density at radius 1 is 1.21 bits per heavy atom. The zero-order valence-electron chi connectivity index (χ0n) is 17.5. The van der Waals surface area contributed by atoms with Crippen molar-refractivity contribution in [1.82, 2.24) is 19.7 Å². The van der Waals surface area contributed by atoms with Gasteiger partial charge in [-0.2, -0.15) is 5.10 Å². The lowest BCUT2D eigenvalue weighted by Gasteiger charge is -2.13. The zero-order valence-corrected chi connectivity index (χ0v) is 18.3. The van der Waals surface area contributed by atoms with E-state index in [-0.39, 0.29) is 12.3 Å². The maximum Gasteiger partial charge on any atom is 0.232 e. The number of rotatable bonds is 8. The summed E-state index contributed by atoms with van der Waals surface area (Å²) in [6.45, 7) is 11.3. The molecule has 1 N–H and O–H groups in total. The van der Waals surface area contributed by atoms with Gasteiger partial charge in [0.25, 0.3) is 0 Å². The summed E-state index contributed by atoms with van der Waals surface area (Å²) in [6, 6.07) is 5.79. The molecule has 0 aromatic carbocycles. The fourth-order valence-corrected chi connectivity index (χ4v) is 3.55. The van der Waals surface area contributed by atoms with Gasteiger partial charge in [-0.05, 0) is 32.8 Å². The third-order valence-corrected chi connectivity index (χ3v) is 4.94. The lowest BCUT2D eigenvalue weighted by molar-refractivity contribution is -0.115. The van der Waals surface area contributed by atoms with Gasteiger partial charge in [0.2, 0.25) is 5.91 Å². The van der Waals surface area contributed by atoms with E-state index in [0.29, 0.717) is 29.9 Å². The molecular weight excluding hydrogens is 386 g/mol. The molecule has 0 spiro atoms. The van der Waals surface area contributed by atoms with Crippen LogP contribution in [-0.2, 0) is 17.8 Å². The number of thiazole rings is 1. The van der Waals surface area contributed by atoms with Crippen molar-refractivity contribution in [2.24, 2.45) is 5.92 Å². The van der Waals surface area contributed by atoms with E-state index in [1.165, 1.54) is 11.3 Å². The summed E-state index contributed by atoms with van der Waals surface area (Å²) in [5.41, 5.74) is 3.50. The number of amides is 1. The third kappa shape index (κ3) is 6.12. The van der Waals surface area contributed by atoms with Crippen molar-refractivity contribution < 1.29 is 9.53 Å². The molecule has 0 fully saturated rings. The summed E-state index contributed by atoms with van der Waals surface area (Å²) in [5, 5.41) is 7.94. The normalized spacial score (nSPS) is 11.1. The predicted octanol–water partition coefficient (Wildman–Crippen LogP) is 3.92. The first-order valence-electron chi connectivity index (χ1n) is 9.64. The van der Waals surface area contributed by atoms with Gasteiger partial charge in [0.15, 0.2) is 5.13 Å². The van der Waals surface area contributed by atoms with Gasteiger partial charge < -0.3 is 10.1 Å². The largest absolute Gasteiger partial charge is 0.493 e. The Bertz CT molecular complexity index is 993. The fourth-order valence-electron chi connectivity index (χ4n) is 2.87. The van der Waals surface area contributed by atoms with Gasteiger partial charge in [-0.25, -0.2) is 4.98 Å². The molecule has 0 saturated heterocycles. The molecule has 154 valence electrons. The van der Waals surface area contributed by atoms with Gasteiger partial charge in [0.1, 0.15) is 5.75 Å². The van der Waals surface area contributed by atoms with Crippen LogP contribution in [0.3, 0.4) is 0 Å². The average molecular weight is 414 g/mol. The number of ether oxygens (including phenoxy) is 1. The van der Waals surface area contributed by atoms with Crippen LogP contribution < -0.4 is 10.1 Å². The van der Waals surface area contributed by atoms with E-state index in [9.17, 15) is 4.79 Å². The maximum absolute atomic E-state index is 12.5.